The van der Waals surface area contributed by atoms with Crippen LogP contribution in [-0.4, -0.2) is 15.6 Å². The van der Waals surface area contributed by atoms with Crippen LogP contribution in [0.25, 0.3) is 10.9 Å². The summed E-state index contributed by atoms with van der Waals surface area (Å²) in [5.74, 6) is -0.992. The molecule has 2 aromatic carbocycles. The van der Waals surface area contributed by atoms with Gasteiger partial charge in [0.15, 0.2) is 0 Å². The number of halogens is 1. The standard InChI is InChI=1S/C18H15ClN2O3/c19-13-3-1-11(2-4-13)10-21-16-6-5-14(20)9-15(16)12(7-17(21)22)8-18(23)24/h1-7,9H,8,10,20H2,(H,23,24). The van der Waals surface area contributed by atoms with Crippen molar-refractivity contribution in [3.05, 3.63) is 75.0 Å². The lowest BCUT2D eigenvalue weighted by molar-refractivity contribution is -0.136. The van der Waals surface area contributed by atoms with Crippen LogP contribution in [0.5, 0.6) is 0 Å². The summed E-state index contributed by atoms with van der Waals surface area (Å²) in [7, 11) is 0. The number of nitrogens with two attached hydrogens (primary N) is 1. The molecule has 0 aliphatic heterocycles. The summed E-state index contributed by atoms with van der Waals surface area (Å²) in [6.07, 6.45) is -0.225. The number of carboxylic acids is 1. The highest BCUT2D eigenvalue weighted by Gasteiger charge is 2.12. The largest absolute Gasteiger partial charge is 0.481 e. The molecule has 0 aliphatic rings. The summed E-state index contributed by atoms with van der Waals surface area (Å²) in [5.41, 5.74) is 8.14. The molecule has 0 radical (unpaired) electrons. The molecule has 0 fully saturated rings. The second-order valence-electron chi connectivity index (χ2n) is 5.57. The van der Waals surface area contributed by atoms with E-state index in [0.29, 0.717) is 33.7 Å². The van der Waals surface area contributed by atoms with Crippen molar-refractivity contribution in [3.8, 4) is 0 Å². The summed E-state index contributed by atoms with van der Waals surface area (Å²) < 4.78 is 1.60. The van der Waals surface area contributed by atoms with Gasteiger partial charge >= 0.3 is 5.97 Å². The Kier molecular flexibility index (Phi) is 4.27. The summed E-state index contributed by atoms with van der Waals surface area (Å²) in [4.78, 5) is 23.6. The van der Waals surface area contributed by atoms with Gasteiger partial charge in [0.05, 0.1) is 18.5 Å². The Morgan fingerprint density at radius 3 is 2.50 bits per heavy atom. The van der Waals surface area contributed by atoms with Crippen LogP contribution in [0.3, 0.4) is 0 Å². The van der Waals surface area contributed by atoms with E-state index in [-0.39, 0.29) is 12.0 Å². The van der Waals surface area contributed by atoms with E-state index in [1.165, 1.54) is 6.07 Å². The highest BCUT2D eigenvalue weighted by atomic mass is 35.5. The number of nitrogen functional groups attached to an aromatic ring is 1. The second kappa shape index (κ2) is 6.37. The average Bonchev–Trinajstić information content (AvgIpc) is 2.52. The van der Waals surface area contributed by atoms with Gasteiger partial charge in [0.25, 0.3) is 5.56 Å². The van der Waals surface area contributed by atoms with Crippen LogP contribution in [0.4, 0.5) is 5.69 Å². The monoisotopic (exact) mass is 342 g/mol. The fraction of sp³-hybridized carbons (Fsp3) is 0.111. The number of fused-ring (bicyclic) bond motifs is 1. The van der Waals surface area contributed by atoms with Crippen LogP contribution in [0.2, 0.25) is 5.02 Å². The Hall–Kier alpha value is -2.79. The van der Waals surface area contributed by atoms with Gasteiger partial charge in [-0.25, -0.2) is 0 Å². The van der Waals surface area contributed by atoms with Crippen molar-refractivity contribution in [2.24, 2.45) is 0 Å². The highest BCUT2D eigenvalue weighted by molar-refractivity contribution is 6.30. The average molecular weight is 343 g/mol. The van der Waals surface area contributed by atoms with E-state index in [0.717, 1.165) is 5.56 Å². The molecular formula is C18H15ClN2O3. The van der Waals surface area contributed by atoms with Crippen molar-refractivity contribution in [1.29, 1.82) is 0 Å². The number of pyridine rings is 1. The maximum Gasteiger partial charge on any atom is 0.307 e. The zero-order chi connectivity index (χ0) is 17.3. The molecule has 0 atom stereocenters. The molecule has 24 heavy (non-hydrogen) atoms. The number of carbonyl (C=O) groups is 1. The molecule has 1 aromatic heterocycles. The van der Waals surface area contributed by atoms with E-state index in [2.05, 4.69) is 0 Å². The molecule has 3 N–H and O–H groups in total. The number of aromatic nitrogens is 1. The molecule has 1 heterocycles. The Balaban J connectivity index is 2.17. The highest BCUT2D eigenvalue weighted by Crippen LogP contribution is 2.22. The number of benzene rings is 2. The maximum atomic E-state index is 12.5. The summed E-state index contributed by atoms with van der Waals surface area (Å²) in [5, 5.41) is 10.4. The minimum atomic E-state index is -0.992. The van der Waals surface area contributed by atoms with Crippen molar-refractivity contribution in [3.63, 3.8) is 0 Å². The molecule has 0 bridgehead atoms. The molecule has 0 aliphatic carbocycles. The van der Waals surface area contributed by atoms with Gasteiger partial charge < -0.3 is 15.4 Å². The fourth-order valence-corrected chi connectivity index (χ4v) is 2.84. The Morgan fingerprint density at radius 1 is 1.12 bits per heavy atom. The topological polar surface area (TPSA) is 85.3 Å². The minimum Gasteiger partial charge on any atom is -0.481 e. The first-order valence-corrected chi connectivity index (χ1v) is 7.70. The molecule has 6 heteroatoms. The third kappa shape index (κ3) is 3.26. The molecule has 122 valence electrons. The Morgan fingerprint density at radius 2 is 1.83 bits per heavy atom. The predicted molar refractivity (Wildman–Crippen MR) is 94.5 cm³/mol. The zero-order valence-corrected chi connectivity index (χ0v) is 13.5. The van der Waals surface area contributed by atoms with Crippen molar-refractivity contribution in [2.75, 3.05) is 5.73 Å². The van der Waals surface area contributed by atoms with Crippen LogP contribution >= 0.6 is 11.6 Å². The van der Waals surface area contributed by atoms with Gasteiger partial charge in [-0.05, 0) is 41.5 Å². The molecule has 0 saturated carbocycles. The van der Waals surface area contributed by atoms with Gasteiger partial charge in [0.2, 0.25) is 0 Å². The van der Waals surface area contributed by atoms with Gasteiger partial charge in [-0.1, -0.05) is 23.7 Å². The summed E-state index contributed by atoms with van der Waals surface area (Å²) >= 11 is 5.89. The molecule has 0 unspecified atom stereocenters. The molecular weight excluding hydrogens is 328 g/mol. The third-order valence-electron chi connectivity index (χ3n) is 3.82. The SMILES string of the molecule is Nc1ccc2c(c1)c(CC(=O)O)cc(=O)n2Cc1ccc(Cl)cc1. The number of hydrogen-bond donors (Lipinski definition) is 2. The Bertz CT molecular complexity index is 978. The van der Waals surface area contributed by atoms with E-state index in [1.807, 2.05) is 12.1 Å². The van der Waals surface area contributed by atoms with Crippen molar-refractivity contribution in [1.82, 2.24) is 4.57 Å². The maximum absolute atomic E-state index is 12.5. The number of nitrogens with zero attached hydrogens (tertiary/aromatic N) is 1. The second-order valence-corrected chi connectivity index (χ2v) is 6.00. The van der Waals surface area contributed by atoms with Crippen LogP contribution in [0.1, 0.15) is 11.1 Å². The van der Waals surface area contributed by atoms with E-state index in [9.17, 15) is 9.59 Å². The fourth-order valence-electron chi connectivity index (χ4n) is 2.71. The number of anilines is 1. The lowest BCUT2D eigenvalue weighted by atomic mass is 10.0. The molecule has 3 rings (SSSR count). The van der Waals surface area contributed by atoms with Crippen LogP contribution in [-0.2, 0) is 17.8 Å². The van der Waals surface area contributed by atoms with Crippen molar-refractivity contribution >= 4 is 34.2 Å². The third-order valence-corrected chi connectivity index (χ3v) is 4.07. The van der Waals surface area contributed by atoms with E-state index < -0.39 is 5.97 Å². The first-order valence-electron chi connectivity index (χ1n) is 7.32. The van der Waals surface area contributed by atoms with Crippen LogP contribution in [0, 0.1) is 0 Å². The number of hydrogen-bond acceptors (Lipinski definition) is 3. The number of carboxylic acid groups (broad SMARTS) is 1. The van der Waals surface area contributed by atoms with E-state index in [1.54, 1.807) is 34.9 Å². The first kappa shape index (κ1) is 16.1. The minimum absolute atomic E-state index is 0.225. The lowest BCUT2D eigenvalue weighted by Crippen LogP contribution is -2.22. The van der Waals surface area contributed by atoms with Gasteiger partial charge in [0.1, 0.15) is 0 Å². The molecule has 3 aromatic rings. The van der Waals surface area contributed by atoms with Gasteiger partial charge in [-0.3, -0.25) is 9.59 Å². The van der Waals surface area contributed by atoms with Crippen LogP contribution < -0.4 is 11.3 Å². The smallest absolute Gasteiger partial charge is 0.307 e. The summed E-state index contributed by atoms with van der Waals surface area (Å²) in [6.45, 7) is 0.365. The summed E-state index contributed by atoms with van der Waals surface area (Å²) in [6, 6.07) is 13.7. The van der Waals surface area contributed by atoms with Crippen molar-refractivity contribution < 1.29 is 9.90 Å². The lowest BCUT2D eigenvalue weighted by Gasteiger charge is -2.14. The predicted octanol–water partition coefficient (Wildman–Crippen LogP) is 2.91. The van der Waals surface area contributed by atoms with Crippen LogP contribution in [0.15, 0.2) is 53.3 Å². The zero-order valence-electron chi connectivity index (χ0n) is 12.7. The molecule has 0 saturated heterocycles. The van der Waals surface area contributed by atoms with Crippen molar-refractivity contribution in [2.45, 2.75) is 13.0 Å². The number of aliphatic carboxylic acids is 1. The molecule has 0 amide bonds. The number of rotatable bonds is 4. The normalized spacial score (nSPS) is 10.9. The molecule has 0 spiro atoms. The first-order chi connectivity index (χ1) is 11.4. The van der Waals surface area contributed by atoms with Gasteiger partial charge in [-0.2, -0.15) is 0 Å². The Labute approximate surface area is 142 Å². The van der Waals surface area contributed by atoms with E-state index in [4.69, 9.17) is 22.4 Å². The van der Waals surface area contributed by atoms with Gasteiger partial charge in [-0.15, -0.1) is 0 Å². The van der Waals surface area contributed by atoms with Gasteiger partial charge in [0, 0.05) is 22.2 Å². The molecule has 5 nitrogen and oxygen atoms in total. The van der Waals surface area contributed by atoms with E-state index >= 15 is 0 Å². The quantitative estimate of drug-likeness (QED) is 0.714.